The molecule has 0 aliphatic carbocycles. The molecule has 1 N–H and O–H groups in total. The van der Waals surface area contributed by atoms with Gasteiger partial charge in [0, 0.05) is 24.5 Å². The third kappa shape index (κ3) is 3.14. The molecule has 0 bridgehead atoms. The zero-order valence-corrected chi connectivity index (χ0v) is 9.51. The Labute approximate surface area is 98.8 Å². The van der Waals surface area contributed by atoms with Gasteiger partial charge in [-0.2, -0.15) is 0 Å². The maximum atomic E-state index is 11.6. The lowest BCUT2D eigenvalue weighted by molar-refractivity contribution is -0.120. The van der Waals surface area contributed by atoms with Crippen molar-refractivity contribution >= 4 is 5.91 Å². The first kappa shape index (κ1) is 11.3. The Morgan fingerprint density at radius 2 is 2.35 bits per heavy atom. The van der Waals surface area contributed by atoms with Crippen molar-refractivity contribution in [2.45, 2.75) is 19.9 Å². The zero-order chi connectivity index (χ0) is 12.1. The number of amides is 1. The molecular formula is C12H13N3O2. The second-order valence-corrected chi connectivity index (χ2v) is 3.72. The lowest BCUT2D eigenvalue weighted by atomic mass is 10.2. The van der Waals surface area contributed by atoms with Gasteiger partial charge < -0.3 is 9.84 Å². The van der Waals surface area contributed by atoms with E-state index < -0.39 is 0 Å². The van der Waals surface area contributed by atoms with E-state index in [2.05, 4.69) is 15.5 Å². The molecule has 88 valence electrons. The van der Waals surface area contributed by atoms with E-state index in [1.54, 1.807) is 18.6 Å². The standard InChI is InChI=1S/C12H13N3O2/c1-9-11(8-15-17-9)7-14-12(16)5-10-3-2-4-13-6-10/h2-4,6,8H,5,7H2,1H3,(H,14,16). The molecule has 0 fully saturated rings. The average Bonchev–Trinajstić information content (AvgIpc) is 2.74. The van der Waals surface area contributed by atoms with E-state index in [0.717, 1.165) is 16.9 Å². The molecule has 0 spiro atoms. The molecule has 5 nitrogen and oxygen atoms in total. The predicted octanol–water partition coefficient (Wildman–Crippen LogP) is 1.24. The molecular weight excluding hydrogens is 218 g/mol. The monoisotopic (exact) mass is 231 g/mol. The van der Waals surface area contributed by atoms with Crippen LogP contribution in [0.4, 0.5) is 0 Å². The minimum absolute atomic E-state index is 0.0430. The van der Waals surface area contributed by atoms with Crippen LogP contribution in [-0.4, -0.2) is 16.0 Å². The van der Waals surface area contributed by atoms with Gasteiger partial charge >= 0.3 is 0 Å². The summed E-state index contributed by atoms with van der Waals surface area (Å²) in [5, 5.41) is 6.46. The van der Waals surface area contributed by atoms with Crippen LogP contribution in [0.15, 0.2) is 35.2 Å². The highest BCUT2D eigenvalue weighted by Gasteiger charge is 2.06. The molecule has 1 amide bonds. The fraction of sp³-hybridized carbons (Fsp3) is 0.250. The Kier molecular flexibility index (Phi) is 3.49. The number of hydrogen-bond acceptors (Lipinski definition) is 4. The lowest BCUT2D eigenvalue weighted by Gasteiger charge is -2.03. The Bertz CT molecular complexity index is 493. The normalized spacial score (nSPS) is 10.2. The van der Waals surface area contributed by atoms with Gasteiger partial charge in [-0.25, -0.2) is 0 Å². The fourth-order valence-electron chi connectivity index (χ4n) is 1.43. The zero-order valence-electron chi connectivity index (χ0n) is 9.51. The molecule has 0 aromatic carbocycles. The molecule has 5 heteroatoms. The van der Waals surface area contributed by atoms with E-state index in [0.29, 0.717) is 13.0 Å². The fourth-order valence-corrected chi connectivity index (χ4v) is 1.43. The molecule has 2 heterocycles. The van der Waals surface area contributed by atoms with E-state index >= 15 is 0 Å². The van der Waals surface area contributed by atoms with Crippen LogP contribution in [0.2, 0.25) is 0 Å². The van der Waals surface area contributed by atoms with Gasteiger partial charge in [0.15, 0.2) is 0 Å². The summed E-state index contributed by atoms with van der Waals surface area (Å²) >= 11 is 0. The third-order valence-electron chi connectivity index (χ3n) is 2.41. The highest BCUT2D eigenvalue weighted by Crippen LogP contribution is 2.05. The van der Waals surface area contributed by atoms with Crippen molar-refractivity contribution in [3.8, 4) is 0 Å². The first-order chi connectivity index (χ1) is 8.25. The minimum atomic E-state index is -0.0430. The molecule has 0 aliphatic heterocycles. The third-order valence-corrected chi connectivity index (χ3v) is 2.41. The second kappa shape index (κ2) is 5.25. The molecule has 0 unspecified atom stereocenters. The van der Waals surface area contributed by atoms with Crippen LogP contribution in [-0.2, 0) is 17.8 Å². The van der Waals surface area contributed by atoms with Crippen LogP contribution in [0.1, 0.15) is 16.9 Å². The van der Waals surface area contributed by atoms with Gasteiger partial charge in [0.25, 0.3) is 0 Å². The van der Waals surface area contributed by atoms with E-state index in [4.69, 9.17) is 4.52 Å². The van der Waals surface area contributed by atoms with E-state index in [9.17, 15) is 4.79 Å². The summed E-state index contributed by atoms with van der Waals surface area (Å²) in [6.07, 6.45) is 5.31. The van der Waals surface area contributed by atoms with Gasteiger partial charge in [-0.05, 0) is 18.6 Å². The van der Waals surface area contributed by atoms with Crippen LogP contribution < -0.4 is 5.32 Å². The number of carbonyl (C=O) groups is 1. The van der Waals surface area contributed by atoms with Gasteiger partial charge in [-0.15, -0.1) is 0 Å². The van der Waals surface area contributed by atoms with Crippen LogP contribution in [0, 0.1) is 6.92 Å². The number of nitrogens with zero attached hydrogens (tertiary/aromatic N) is 2. The van der Waals surface area contributed by atoms with Crippen LogP contribution in [0.5, 0.6) is 0 Å². The Balaban J connectivity index is 1.84. The second-order valence-electron chi connectivity index (χ2n) is 3.72. The number of hydrogen-bond donors (Lipinski definition) is 1. The van der Waals surface area contributed by atoms with Gasteiger partial charge in [0.05, 0.1) is 12.6 Å². The first-order valence-corrected chi connectivity index (χ1v) is 5.31. The maximum Gasteiger partial charge on any atom is 0.224 e. The largest absolute Gasteiger partial charge is 0.361 e. The van der Waals surface area contributed by atoms with Crippen molar-refractivity contribution in [3.63, 3.8) is 0 Å². The summed E-state index contributed by atoms with van der Waals surface area (Å²) in [4.78, 5) is 15.6. The van der Waals surface area contributed by atoms with Gasteiger partial charge in [0.1, 0.15) is 5.76 Å². The van der Waals surface area contributed by atoms with Crippen molar-refractivity contribution in [3.05, 3.63) is 47.6 Å². The molecule has 0 saturated heterocycles. The summed E-state index contributed by atoms with van der Waals surface area (Å²) in [5.74, 6) is 0.685. The summed E-state index contributed by atoms with van der Waals surface area (Å²) in [5.41, 5.74) is 1.79. The van der Waals surface area contributed by atoms with E-state index in [1.807, 2.05) is 19.1 Å². The summed E-state index contributed by atoms with van der Waals surface area (Å²) in [7, 11) is 0. The van der Waals surface area contributed by atoms with Gasteiger partial charge in [-0.3, -0.25) is 9.78 Å². The molecule has 0 aliphatic rings. The topological polar surface area (TPSA) is 68.0 Å². The Hall–Kier alpha value is -2.17. The Morgan fingerprint density at radius 3 is 3.00 bits per heavy atom. The van der Waals surface area contributed by atoms with E-state index in [1.165, 1.54) is 0 Å². The molecule has 2 aromatic rings. The number of rotatable bonds is 4. The summed E-state index contributed by atoms with van der Waals surface area (Å²) in [6.45, 7) is 2.25. The van der Waals surface area contributed by atoms with Crippen molar-refractivity contribution in [2.75, 3.05) is 0 Å². The molecule has 17 heavy (non-hydrogen) atoms. The SMILES string of the molecule is Cc1oncc1CNC(=O)Cc1cccnc1. The maximum absolute atomic E-state index is 11.6. The number of nitrogens with one attached hydrogen (secondary N) is 1. The van der Waals surface area contributed by atoms with Crippen molar-refractivity contribution < 1.29 is 9.32 Å². The first-order valence-electron chi connectivity index (χ1n) is 5.31. The quantitative estimate of drug-likeness (QED) is 0.859. The molecule has 0 atom stereocenters. The lowest BCUT2D eigenvalue weighted by Crippen LogP contribution is -2.24. The number of pyridine rings is 1. The smallest absolute Gasteiger partial charge is 0.224 e. The highest BCUT2D eigenvalue weighted by molar-refractivity contribution is 5.78. The van der Waals surface area contributed by atoms with Crippen molar-refractivity contribution in [1.82, 2.24) is 15.5 Å². The minimum Gasteiger partial charge on any atom is -0.361 e. The van der Waals surface area contributed by atoms with E-state index in [-0.39, 0.29) is 5.91 Å². The molecule has 0 radical (unpaired) electrons. The predicted molar refractivity (Wildman–Crippen MR) is 61.0 cm³/mol. The number of aromatic nitrogens is 2. The van der Waals surface area contributed by atoms with Crippen LogP contribution >= 0.6 is 0 Å². The van der Waals surface area contributed by atoms with Crippen LogP contribution in [0.25, 0.3) is 0 Å². The summed E-state index contributed by atoms with van der Waals surface area (Å²) < 4.78 is 4.90. The molecule has 0 saturated carbocycles. The number of aryl methyl sites for hydroxylation is 1. The van der Waals surface area contributed by atoms with Crippen molar-refractivity contribution in [1.29, 1.82) is 0 Å². The van der Waals surface area contributed by atoms with Gasteiger partial charge in [-0.1, -0.05) is 11.2 Å². The highest BCUT2D eigenvalue weighted by atomic mass is 16.5. The average molecular weight is 231 g/mol. The molecule has 2 aromatic heterocycles. The summed E-state index contributed by atoms with van der Waals surface area (Å²) in [6, 6.07) is 3.68. The Morgan fingerprint density at radius 1 is 1.47 bits per heavy atom. The van der Waals surface area contributed by atoms with Crippen molar-refractivity contribution in [2.24, 2.45) is 0 Å². The number of carbonyl (C=O) groups excluding carboxylic acids is 1. The molecule has 2 rings (SSSR count). The van der Waals surface area contributed by atoms with Crippen LogP contribution in [0.3, 0.4) is 0 Å². The van der Waals surface area contributed by atoms with Gasteiger partial charge in [0.2, 0.25) is 5.91 Å².